The summed E-state index contributed by atoms with van der Waals surface area (Å²) in [6.07, 6.45) is 3.89. The molecule has 1 aliphatic carbocycles. The number of hydrogen-bond donors (Lipinski definition) is 1. The molecule has 1 fully saturated rings. The van der Waals surface area contributed by atoms with Gasteiger partial charge in [0.2, 0.25) is 0 Å². The van der Waals surface area contributed by atoms with Gasteiger partial charge in [0.1, 0.15) is 5.82 Å². The van der Waals surface area contributed by atoms with Crippen LogP contribution in [0.5, 0.6) is 0 Å². The molecule has 0 bridgehead atoms. The molecule has 1 N–H and O–H groups in total. The van der Waals surface area contributed by atoms with Crippen LogP contribution in [0.2, 0.25) is 5.02 Å². The maximum atomic E-state index is 13.3. The third-order valence-corrected chi connectivity index (χ3v) is 3.99. The van der Waals surface area contributed by atoms with Crippen LogP contribution in [0.4, 0.5) is 4.39 Å². The van der Waals surface area contributed by atoms with E-state index in [1.807, 2.05) is 18.0 Å². The molecule has 0 radical (unpaired) electrons. The quantitative estimate of drug-likeness (QED) is 0.909. The van der Waals surface area contributed by atoms with Gasteiger partial charge in [-0.25, -0.2) is 4.39 Å². The van der Waals surface area contributed by atoms with E-state index in [1.54, 1.807) is 6.07 Å². The lowest BCUT2D eigenvalue weighted by Gasteiger charge is -2.28. The van der Waals surface area contributed by atoms with Gasteiger partial charge in [-0.1, -0.05) is 36.6 Å². The Morgan fingerprint density at radius 1 is 1.39 bits per heavy atom. The first-order valence-electron chi connectivity index (χ1n) is 6.34. The summed E-state index contributed by atoms with van der Waals surface area (Å²) in [5.41, 5.74) is 0.190. The molecule has 0 spiro atoms. The Labute approximate surface area is 112 Å². The van der Waals surface area contributed by atoms with E-state index in [-0.39, 0.29) is 10.8 Å². The maximum Gasteiger partial charge on any atom is 0.142 e. The molecule has 4 heteroatoms. The number of benzene rings is 1. The lowest BCUT2D eigenvalue weighted by molar-refractivity contribution is 0.0145. The number of rotatable bonds is 4. The Hall–Kier alpha value is -0.640. The molecular weight excluding hydrogens is 253 g/mol. The van der Waals surface area contributed by atoms with Gasteiger partial charge in [-0.15, -0.1) is 0 Å². The van der Waals surface area contributed by atoms with E-state index in [9.17, 15) is 9.50 Å². The predicted octanol–water partition coefficient (Wildman–Crippen LogP) is 3.22. The molecule has 18 heavy (non-hydrogen) atoms. The first-order valence-corrected chi connectivity index (χ1v) is 6.72. The van der Waals surface area contributed by atoms with Gasteiger partial charge in [-0.3, -0.25) is 4.90 Å². The molecule has 0 unspecified atom stereocenters. The van der Waals surface area contributed by atoms with Crippen LogP contribution in [0, 0.1) is 5.82 Å². The molecule has 0 aromatic heterocycles. The summed E-state index contributed by atoms with van der Waals surface area (Å²) in [4.78, 5) is 2.01. The van der Waals surface area contributed by atoms with Gasteiger partial charge in [0.15, 0.2) is 0 Å². The molecule has 2 rings (SSSR count). The van der Waals surface area contributed by atoms with Crippen LogP contribution in [-0.4, -0.2) is 29.2 Å². The molecule has 1 aliphatic rings. The van der Waals surface area contributed by atoms with Gasteiger partial charge < -0.3 is 5.11 Å². The Morgan fingerprint density at radius 3 is 2.72 bits per heavy atom. The monoisotopic (exact) mass is 271 g/mol. The fraction of sp³-hybridized carbons (Fsp3) is 0.571. The molecular formula is C14H19ClFNO. The number of halogens is 2. The minimum Gasteiger partial charge on any atom is -0.389 e. The number of aliphatic hydroxyl groups is 1. The summed E-state index contributed by atoms with van der Waals surface area (Å²) >= 11 is 5.92. The van der Waals surface area contributed by atoms with Crippen molar-refractivity contribution in [2.24, 2.45) is 0 Å². The Balaban J connectivity index is 1.98. The van der Waals surface area contributed by atoms with Crippen molar-refractivity contribution in [2.75, 3.05) is 13.6 Å². The minimum absolute atomic E-state index is 0.183. The molecule has 0 saturated heterocycles. The number of nitrogens with zero attached hydrogens (tertiary/aromatic N) is 1. The summed E-state index contributed by atoms with van der Waals surface area (Å²) in [5.74, 6) is -0.387. The van der Waals surface area contributed by atoms with E-state index in [0.717, 1.165) is 31.2 Å². The highest BCUT2D eigenvalue weighted by atomic mass is 35.5. The maximum absolute atomic E-state index is 13.3. The highest BCUT2D eigenvalue weighted by molar-refractivity contribution is 6.31. The Bertz CT molecular complexity index is 418. The standard InChI is InChI=1S/C14H19ClFNO/c1-17(10-14(18)7-2-3-8-14)9-11-5-4-6-12(16)13(11)15/h4-6,18H,2-3,7-10H2,1H3. The second-order valence-electron chi connectivity index (χ2n) is 5.32. The fourth-order valence-corrected chi connectivity index (χ4v) is 2.90. The van der Waals surface area contributed by atoms with Gasteiger partial charge in [-0.05, 0) is 31.5 Å². The third-order valence-electron chi connectivity index (χ3n) is 3.57. The van der Waals surface area contributed by atoms with Crippen molar-refractivity contribution in [3.05, 3.63) is 34.6 Å². The van der Waals surface area contributed by atoms with Crippen molar-refractivity contribution in [3.8, 4) is 0 Å². The van der Waals surface area contributed by atoms with E-state index < -0.39 is 5.60 Å². The van der Waals surface area contributed by atoms with Crippen LogP contribution in [0.3, 0.4) is 0 Å². The first kappa shape index (κ1) is 13.8. The number of hydrogen-bond acceptors (Lipinski definition) is 2. The zero-order chi connectivity index (χ0) is 13.2. The van der Waals surface area contributed by atoms with Crippen molar-refractivity contribution >= 4 is 11.6 Å². The van der Waals surface area contributed by atoms with Crippen LogP contribution >= 0.6 is 11.6 Å². The van der Waals surface area contributed by atoms with Gasteiger partial charge in [0.25, 0.3) is 0 Å². The molecule has 0 atom stereocenters. The van der Waals surface area contributed by atoms with Crippen LogP contribution in [0.25, 0.3) is 0 Å². The predicted molar refractivity (Wildman–Crippen MR) is 71.2 cm³/mol. The fourth-order valence-electron chi connectivity index (χ4n) is 2.71. The van der Waals surface area contributed by atoms with Gasteiger partial charge >= 0.3 is 0 Å². The van der Waals surface area contributed by atoms with E-state index in [1.165, 1.54) is 6.07 Å². The zero-order valence-electron chi connectivity index (χ0n) is 10.6. The second-order valence-corrected chi connectivity index (χ2v) is 5.69. The lowest BCUT2D eigenvalue weighted by atomic mass is 10.0. The molecule has 0 aliphatic heterocycles. The average molecular weight is 272 g/mol. The zero-order valence-corrected chi connectivity index (χ0v) is 11.4. The van der Waals surface area contributed by atoms with E-state index in [0.29, 0.717) is 13.1 Å². The van der Waals surface area contributed by atoms with Crippen LogP contribution in [-0.2, 0) is 6.54 Å². The van der Waals surface area contributed by atoms with Gasteiger partial charge in [0.05, 0.1) is 10.6 Å². The summed E-state index contributed by atoms with van der Waals surface area (Å²) in [6.45, 7) is 1.17. The molecule has 100 valence electrons. The summed E-state index contributed by atoms with van der Waals surface area (Å²) in [6, 6.07) is 4.84. The molecule has 1 aromatic rings. The van der Waals surface area contributed by atoms with E-state index in [4.69, 9.17) is 11.6 Å². The largest absolute Gasteiger partial charge is 0.389 e. The molecule has 0 heterocycles. The topological polar surface area (TPSA) is 23.5 Å². The summed E-state index contributed by atoms with van der Waals surface area (Å²) in [7, 11) is 1.93. The smallest absolute Gasteiger partial charge is 0.142 e. The highest BCUT2D eigenvalue weighted by Crippen LogP contribution is 2.30. The SMILES string of the molecule is CN(Cc1cccc(F)c1Cl)CC1(O)CCCC1. The summed E-state index contributed by atoms with van der Waals surface area (Å²) < 4.78 is 13.3. The normalized spacial score (nSPS) is 18.5. The van der Waals surface area contributed by atoms with Gasteiger partial charge in [0, 0.05) is 13.1 Å². The second kappa shape index (κ2) is 5.55. The van der Waals surface area contributed by atoms with E-state index >= 15 is 0 Å². The van der Waals surface area contributed by atoms with Crippen molar-refractivity contribution < 1.29 is 9.50 Å². The molecule has 2 nitrogen and oxygen atoms in total. The van der Waals surface area contributed by atoms with Gasteiger partial charge in [-0.2, -0.15) is 0 Å². The molecule has 1 saturated carbocycles. The van der Waals surface area contributed by atoms with Crippen LogP contribution in [0.15, 0.2) is 18.2 Å². The van der Waals surface area contributed by atoms with Crippen molar-refractivity contribution in [1.82, 2.24) is 4.90 Å². The van der Waals surface area contributed by atoms with Crippen molar-refractivity contribution in [1.29, 1.82) is 0 Å². The first-order chi connectivity index (χ1) is 8.50. The Morgan fingerprint density at radius 2 is 2.06 bits per heavy atom. The number of likely N-dealkylation sites (N-methyl/N-ethyl adjacent to an activating group) is 1. The minimum atomic E-state index is -0.575. The van der Waals surface area contributed by atoms with Crippen LogP contribution < -0.4 is 0 Å². The molecule has 1 aromatic carbocycles. The molecule has 0 amide bonds. The lowest BCUT2D eigenvalue weighted by Crippen LogP contribution is -2.38. The third kappa shape index (κ3) is 3.22. The van der Waals surface area contributed by atoms with Crippen molar-refractivity contribution in [3.63, 3.8) is 0 Å². The summed E-state index contributed by atoms with van der Waals surface area (Å²) in [5, 5.41) is 10.5. The average Bonchev–Trinajstić information content (AvgIpc) is 2.71. The highest BCUT2D eigenvalue weighted by Gasteiger charge is 2.32. The van der Waals surface area contributed by atoms with Crippen LogP contribution in [0.1, 0.15) is 31.2 Å². The Kier molecular flexibility index (Phi) is 4.25. The van der Waals surface area contributed by atoms with E-state index in [2.05, 4.69) is 0 Å². The van der Waals surface area contributed by atoms with Crippen molar-refractivity contribution in [2.45, 2.75) is 37.8 Å².